The maximum absolute atomic E-state index is 11.6. The van der Waals surface area contributed by atoms with E-state index in [0.29, 0.717) is 5.76 Å². The number of hydrogen-bond donors (Lipinski definition) is 0. The van der Waals surface area contributed by atoms with E-state index in [-0.39, 0.29) is 6.04 Å². The summed E-state index contributed by atoms with van der Waals surface area (Å²) in [6, 6.07) is 5.52. The number of methoxy groups -OCH3 is 1. The number of nitrogens with zero attached hydrogens (tertiary/aromatic N) is 2. The van der Waals surface area contributed by atoms with E-state index in [0.717, 1.165) is 36.9 Å². The average Bonchev–Trinajstić information content (AvgIpc) is 3.35. The number of likely N-dealkylation sites (tertiary alicyclic amines) is 2. The van der Waals surface area contributed by atoms with Crippen LogP contribution in [0.1, 0.15) is 61.4 Å². The van der Waals surface area contributed by atoms with Crippen molar-refractivity contribution < 1.29 is 13.9 Å². The molecule has 132 valence electrons. The molecule has 2 aliphatic heterocycles. The Morgan fingerprint density at radius 3 is 2.83 bits per heavy atom. The molecule has 5 heteroatoms. The second-order valence-electron chi connectivity index (χ2n) is 7.59. The maximum Gasteiger partial charge on any atom is 0.373 e. The molecule has 3 fully saturated rings. The first kappa shape index (κ1) is 16.2. The number of hydrogen-bond acceptors (Lipinski definition) is 5. The van der Waals surface area contributed by atoms with Crippen LogP contribution in [0, 0.1) is 5.92 Å². The van der Waals surface area contributed by atoms with Crippen molar-refractivity contribution in [1.82, 2.24) is 9.80 Å². The first-order valence-corrected chi connectivity index (χ1v) is 9.35. The van der Waals surface area contributed by atoms with E-state index in [4.69, 9.17) is 9.15 Å². The van der Waals surface area contributed by atoms with Crippen molar-refractivity contribution in [3.8, 4) is 0 Å². The molecule has 3 atom stereocenters. The molecular weight excluding hydrogens is 304 g/mol. The summed E-state index contributed by atoms with van der Waals surface area (Å²) in [4.78, 5) is 16.9. The Morgan fingerprint density at radius 2 is 2.08 bits per heavy atom. The molecule has 0 spiro atoms. The van der Waals surface area contributed by atoms with Gasteiger partial charge < -0.3 is 9.15 Å². The van der Waals surface area contributed by atoms with Crippen molar-refractivity contribution in [3.63, 3.8) is 0 Å². The zero-order chi connectivity index (χ0) is 16.7. The number of furan rings is 1. The lowest BCUT2D eigenvalue weighted by molar-refractivity contribution is 0.00200. The van der Waals surface area contributed by atoms with E-state index < -0.39 is 5.97 Å². The summed E-state index contributed by atoms with van der Waals surface area (Å²) in [6.45, 7) is 5.74. The fourth-order valence-corrected chi connectivity index (χ4v) is 4.65. The maximum atomic E-state index is 11.6. The van der Waals surface area contributed by atoms with E-state index in [2.05, 4.69) is 16.7 Å². The van der Waals surface area contributed by atoms with Crippen molar-refractivity contribution in [3.05, 3.63) is 23.7 Å². The smallest absolute Gasteiger partial charge is 0.373 e. The Morgan fingerprint density at radius 1 is 1.25 bits per heavy atom. The summed E-state index contributed by atoms with van der Waals surface area (Å²) >= 11 is 0. The first-order valence-electron chi connectivity index (χ1n) is 9.35. The molecule has 2 saturated heterocycles. The van der Waals surface area contributed by atoms with E-state index >= 15 is 0 Å². The number of fused-ring (bicyclic) bond motifs is 1. The molecule has 0 N–H and O–H groups in total. The summed E-state index contributed by atoms with van der Waals surface area (Å²) in [5.41, 5.74) is 0. The highest BCUT2D eigenvalue weighted by molar-refractivity contribution is 5.86. The highest BCUT2D eigenvalue weighted by Crippen LogP contribution is 2.39. The minimum absolute atomic E-state index is 0.209. The average molecular weight is 332 g/mol. The zero-order valence-corrected chi connectivity index (χ0v) is 14.7. The molecule has 0 bridgehead atoms. The third-order valence-corrected chi connectivity index (χ3v) is 6.13. The summed E-state index contributed by atoms with van der Waals surface area (Å²) in [6.07, 6.45) is 6.77. The molecular formula is C19H28N2O3. The van der Waals surface area contributed by atoms with E-state index in [9.17, 15) is 4.79 Å². The quantitative estimate of drug-likeness (QED) is 0.793. The normalized spacial score (nSPS) is 29.9. The summed E-state index contributed by atoms with van der Waals surface area (Å²) < 4.78 is 10.5. The van der Waals surface area contributed by atoms with Gasteiger partial charge in [-0.25, -0.2) is 4.79 Å². The van der Waals surface area contributed by atoms with Gasteiger partial charge in [0.05, 0.1) is 13.2 Å². The van der Waals surface area contributed by atoms with Gasteiger partial charge in [-0.1, -0.05) is 0 Å². The van der Waals surface area contributed by atoms with Crippen LogP contribution in [0.15, 0.2) is 16.5 Å². The summed E-state index contributed by atoms with van der Waals surface area (Å²) in [5, 5.41) is 0. The van der Waals surface area contributed by atoms with Gasteiger partial charge in [-0.15, -0.1) is 0 Å². The predicted octanol–water partition coefficient (Wildman–Crippen LogP) is 3.08. The number of esters is 1. The molecule has 1 aliphatic carbocycles. The van der Waals surface area contributed by atoms with Gasteiger partial charge in [0.25, 0.3) is 0 Å². The van der Waals surface area contributed by atoms with Crippen molar-refractivity contribution in [2.45, 2.75) is 57.2 Å². The molecule has 4 rings (SSSR count). The predicted molar refractivity (Wildman–Crippen MR) is 90.9 cm³/mol. The second kappa shape index (κ2) is 6.52. The van der Waals surface area contributed by atoms with Gasteiger partial charge in [-0.05, 0) is 63.6 Å². The lowest BCUT2D eigenvalue weighted by Gasteiger charge is -2.48. The zero-order valence-electron chi connectivity index (χ0n) is 14.7. The standard InChI is InChI=1S/C19H28N2O3/c1-13(17-7-8-18(24-17)19(22)23-2)20-11-9-16-14(12-20)4-3-10-21(16)15-5-6-15/h7-8,13-16H,3-6,9-12H2,1-2H3/t13-,14+,16-/m0/s1. The van der Waals surface area contributed by atoms with Gasteiger partial charge in [0.15, 0.2) is 0 Å². The molecule has 1 saturated carbocycles. The van der Waals surface area contributed by atoms with E-state index in [1.807, 2.05) is 6.07 Å². The number of ether oxygens (including phenoxy) is 1. The van der Waals surface area contributed by atoms with Crippen LogP contribution in [0.2, 0.25) is 0 Å². The number of carbonyl (C=O) groups excluding carboxylic acids is 1. The van der Waals surface area contributed by atoms with Gasteiger partial charge >= 0.3 is 5.97 Å². The number of rotatable bonds is 4. The number of carbonyl (C=O) groups is 1. The summed E-state index contributed by atoms with van der Waals surface area (Å²) in [5.74, 6) is 1.54. The molecule has 0 amide bonds. The van der Waals surface area contributed by atoms with Crippen LogP contribution in [0.5, 0.6) is 0 Å². The van der Waals surface area contributed by atoms with Crippen molar-refractivity contribution in [1.29, 1.82) is 0 Å². The van der Waals surface area contributed by atoms with E-state index in [1.54, 1.807) is 6.07 Å². The molecule has 0 unspecified atom stereocenters. The lowest BCUT2D eigenvalue weighted by Crippen LogP contribution is -2.54. The van der Waals surface area contributed by atoms with Gasteiger partial charge in [0, 0.05) is 25.2 Å². The molecule has 1 aromatic heterocycles. The van der Waals surface area contributed by atoms with Gasteiger partial charge in [0.2, 0.25) is 5.76 Å². The minimum atomic E-state index is -0.403. The topological polar surface area (TPSA) is 45.9 Å². The highest BCUT2D eigenvalue weighted by atomic mass is 16.5. The summed E-state index contributed by atoms with van der Waals surface area (Å²) in [7, 11) is 1.38. The van der Waals surface area contributed by atoms with Crippen LogP contribution in [-0.2, 0) is 4.74 Å². The number of piperidine rings is 2. The van der Waals surface area contributed by atoms with Gasteiger partial charge in [-0.3, -0.25) is 9.80 Å². The van der Waals surface area contributed by atoms with Crippen LogP contribution in [-0.4, -0.2) is 54.6 Å². The fraction of sp³-hybridized carbons (Fsp3) is 0.737. The van der Waals surface area contributed by atoms with Crippen LogP contribution in [0.25, 0.3) is 0 Å². The molecule has 1 aromatic rings. The van der Waals surface area contributed by atoms with Crippen molar-refractivity contribution in [2.24, 2.45) is 5.92 Å². The first-order chi connectivity index (χ1) is 11.7. The minimum Gasteiger partial charge on any atom is -0.463 e. The molecule has 24 heavy (non-hydrogen) atoms. The Hall–Kier alpha value is -1.33. The monoisotopic (exact) mass is 332 g/mol. The van der Waals surface area contributed by atoms with Crippen LogP contribution < -0.4 is 0 Å². The van der Waals surface area contributed by atoms with Crippen LogP contribution in [0.4, 0.5) is 0 Å². The van der Waals surface area contributed by atoms with Crippen LogP contribution in [0.3, 0.4) is 0 Å². The Kier molecular flexibility index (Phi) is 4.39. The molecule has 3 heterocycles. The van der Waals surface area contributed by atoms with Crippen molar-refractivity contribution >= 4 is 5.97 Å². The molecule has 5 nitrogen and oxygen atoms in total. The molecule has 0 aromatic carbocycles. The third-order valence-electron chi connectivity index (χ3n) is 6.13. The Balaban J connectivity index is 1.42. The van der Waals surface area contributed by atoms with Gasteiger partial charge in [0.1, 0.15) is 5.76 Å². The highest BCUT2D eigenvalue weighted by Gasteiger charge is 2.42. The fourth-order valence-electron chi connectivity index (χ4n) is 4.65. The van der Waals surface area contributed by atoms with E-state index in [1.165, 1.54) is 45.8 Å². The third kappa shape index (κ3) is 3.00. The lowest BCUT2D eigenvalue weighted by atomic mass is 9.83. The van der Waals surface area contributed by atoms with Crippen molar-refractivity contribution in [2.75, 3.05) is 26.7 Å². The van der Waals surface area contributed by atoms with Crippen LogP contribution >= 0.6 is 0 Å². The SMILES string of the molecule is COC(=O)c1ccc([C@H](C)N2CC[C@H]3[C@H](CCCN3C3CC3)C2)o1. The van der Waals surface area contributed by atoms with Gasteiger partial charge in [-0.2, -0.15) is 0 Å². The molecule has 3 aliphatic rings. The largest absolute Gasteiger partial charge is 0.463 e. The molecule has 0 radical (unpaired) electrons. The Bertz CT molecular complexity index is 595. The Labute approximate surface area is 143 Å². The second-order valence-corrected chi connectivity index (χ2v) is 7.59.